The lowest BCUT2D eigenvalue weighted by Gasteiger charge is -2.17. The third-order valence-corrected chi connectivity index (χ3v) is 7.51. The summed E-state index contributed by atoms with van der Waals surface area (Å²) in [5, 5.41) is 11.1. The van der Waals surface area contributed by atoms with Crippen LogP contribution in [0.2, 0.25) is 0 Å². The molecule has 0 aliphatic carbocycles. The van der Waals surface area contributed by atoms with E-state index in [9.17, 15) is 35.9 Å². The number of carbonyl (C=O) groups excluding carboxylic acids is 2. The first kappa shape index (κ1) is 37.6. The van der Waals surface area contributed by atoms with Crippen molar-refractivity contribution in [2.24, 2.45) is 0 Å². The van der Waals surface area contributed by atoms with Crippen LogP contribution in [0.5, 0.6) is 5.75 Å². The standard InChI is InChI=1S/C31H35F3N4O3.C2HF3O2/c1-4-22(39)11-6-5-7-12-27(30-35-18-28(38-30)20-9-8-10-21(15-20)31(32,33)34)37-29(40)17-24-19(2)36-26-14-13-23(41-3)16-25(24)26;3-2(4,5)1(6)7/h8-10,13-16,18,27,36H,4-7,11-12,17H2,1-3H3,(H,35,38)(H,37,40);(H,6,7)/t27-;/m0./s1. The van der Waals surface area contributed by atoms with Crippen LogP contribution in [0, 0.1) is 6.92 Å². The second-order valence-electron chi connectivity index (χ2n) is 11.0. The van der Waals surface area contributed by atoms with Crippen molar-refractivity contribution in [1.82, 2.24) is 20.3 Å². The normalized spacial score (nSPS) is 12.3. The molecule has 0 unspecified atom stereocenters. The van der Waals surface area contributed by atoms with Gasteiger partial charge in [-0.2, -0.15) is 26.3 Å². The topological polar surface area (TPSA) is 137 Å². The summed E-state index contributed by atoms with van der Waals surface area (Å²) in [4.78, 5) is 44.8. The number of ketones is 1. The highest BCUT2D eigenvalue weighted by Crippen LogP contribution is 2.32. The molecule has 260 valence electrons. The van der Waals surface area contributed by atoms with Gasteiger partial charge in [0, 0.05) is 35.0 Å². The number of aliphatic carboxylic acids is 1. The van der Waals surface area contributed by atoms with Gasteiger partial charge in [0.1, 0.15) is 17.4 Å². The van der Waals surface area contributed by atoms with Gasteiger partial charge in [-0.05, 0) is 55.7 Å². The maximum absolute atomic E-state index is 13.3. The number of carboxylic acid groups (broad SMARTS) is 1. The van der Waals surface area contributed by atoms with E-state index in [-0.39, 0.29) is 18.1 Å². The quantitative estimate of drug-likeness (QED) is 0.0837. The second-order valence-corrected chi connectivity index (χ2v) is 11.0. The minimum atomic E-state index is -5.08. The van der Waals surface area contributed by atoms with Crippen molar-refractivity contribution >= 4 is 28.6 Å². The molecule has 2 aromatic heterocycles. The number of H-pyrrole nitrogens is 2. The van der Waals surface area contributed by atoms with Crippen LogP contribution in [-0.2, 0) is 27.0 Å². The van der Waals surface area contributed by atoms with E-state index in [1.807, 2.05) is 32.0 Å². The number of carboxylic acids is 1. The molecule has 9 nitrogen and oxygen atoms in total. The number of hydrogen-bond donors (Lipinski definition) is 4. The first-order valence-electron chi connectivity index (χ1n) is 15.0. The van der Waals surface area contributed by atoms with E-state index in [0.29, 0.717) is 42.1 Å². The molecule has 4 N–H and O–H groups in total. The molecule has 4 aromatic rings. The van der Waals surface area contributed by atoms with Crippen molar-refractivity contribution in [3.8, 4) is 17.0 Å². The van der Waals surface area contributed by atoms with Gasteiger partial charge < -0.3 is 25.1 Å². The van der Waals surface area contributed by atoms with E-state index in [2.05, 4.69) is 20.3 Å². The monoisotopic (exact) mass is 682 g/mol. The Labute approximate surface area is 272 Å². The Bertz CT molecular complexity index is 1710. The lowest BCUT2D eigenvalue weighted by Crippen LogP contribution is -2.30. The number of unbranched alkanes of at least 4 members (excludes halogenated alkanes) is 2. The number of aromatic nitrogens is 3. The van der Waals surface area contributed by atoms with Crippen molar-refractivity contribution in [3.05, 3.63) is 71.3 Å². The predicted molar refractivity (Wildman–Crippen MR) is 165 cm³/mol. The largest absolute Gasteiger partial charge is 0.497 e. The number of halogens is 6. The molecule has 2 aromatic carbocycles. The molecule has 48 heavy (non-hydrogen) atoms. The molecule has 2 heterocycles. The average Bonchev–Trinajstić information content (AvgIpc) is 3.64. The van der Waals surface area contributed by atoms with Gasteiger partial charge in [0.2, 0.25) is 5.91 Å². The lowest BCUT2D eigenvalue weighted by atomic mass is 10.0. The molecule has 1 amide bonds. The fraction of sp³-hybridized carbons (Fsp3) is 0.394. The highest BCUT2D eigenvalue weighted by molar-refractivity contribution is 5.91. The molecule has 15 heteroatoms. The van der Waals surface area contributed by atoms with Gasteiger partial charge >= 0.3 is 18.3 Å². The van der Waals surface area contributed by atoms with E-state index in [4.69, 9.17) is 14.6 Å². The van der Waals surface area contributed by atoms with E-state index >= 15 is 0 Å². The number of fused-ring (bicyclic) bond motifs is 1. The highest BCUT2D eigenvalue weighted by atomic mass is 19.4. The third kappa shape index (κ3) is 10.6. The van der Waals surface area contributed by atoms with Crippen LogP contribution >= 0.6 is 0 Å². The zero-order valence-corrected chi connectivity index (χ0v) is 26.4. The Hall–Kier alpha value is -4.82. The van der Waals surface area contributed by atoms with Crippen LogP contribution in [-0.4, -0.2) is 51.0 Å². The Morgan fingerprint density at radius 3 is 2.33 bits per heavy atom. The summed E-state index contributed by atoms with van der Waals surface area (Å²) < 4.78 is 76.9. The van der Waals surface area contributed by atoms with Crippen LogP contribution < -0.4 is 10.1 Å². The fourth-order valence-corrected chi connectivity index (χ4v) is 4.95. The average molecular weight is 683 g/mol. The highest BCUT2D eigenvalue weighted by Gasteiger charge is 2.38. The van der Waals surface area contributed by atoms with Gasteiger partial charge in [-0.15, -0.1) is 0 Å². The van der Waals surface area contributed by atoms with Crippen LogP contribution in [0.3, 0.4) is 0 Å². The maximum atomic E-state index is 13.3. The van der Waals surface area contributed by atoms with E-state index in [1.165, 1.54) is 12.3 Å². The molecule has 0 saturated heterocycles. The number of nitrogens with zero attached hydrogens (tertiary/aromatic N) is 1. The van der Waals surface area contributed by atoms with Gasteiger partial charge in [-0.1, -0.05) is 31.9 Å². The van der Waals surface area contributed by atoms with Crippen molar-refractivity contribution in [2.75, 3.05) is 7.11 Å². The van der Waals surface area contributed by atoms with Crippen LogP contribution in [0.25, 0.3) is 22.2 Å². The molecule has 0 fully saturated rings. The van der Waals surface area contributed by atoms with Crippen LogP contribution in [0.15, 0.2) is 48.7 Å². The number of alkyl halides is 6. The molecular weight excluding hydrogens is 646 g/mol. The van der Waals surface area contributed by atoms with Gasteiger partial charge in [-0.25, -0.2) is 9.78 Å². The molecular formula is C33H36F6N4O5. The summed E-state index contributed by atoms with van der Waals surface area (Å²) in [7, 11) is 1.59. The SMILES string of the molecule is CCC(=O)CCCCC[C@H](NC(=O)Cc1c(C)[nH]c2ccc(OC)cc12)c1ncc(-c2cccc(C(F)(F)F)c2)[nH]1.O=C(O)C(F)(F)F. The number of amides is 1. The second kappa shape index (κ2) is 16.3. The third-order valence-electron chi connectivity index (χ3n) is 7.51. The van der Waals surface area contributed by atoms with Crippen molar-refractivity contribution in [2.45, 2.75) is 77.2 Å². The van der Waals surface area contributed by atoms with E-state index < -0.39 is 29.9 Å². The van der Waals surface area contributed by atoms with Crippen LogP contribution in [0.4, 0.5) is 26.3 Å². The first-order chi connectivity index (χ1) is 22.5. The van der Waals surface area contributed by atoms with Crippen molar-refractivity contribution in [3.63, 3.8) is 0 Å². The van der Waals surface area contributed by atoms with Gasteiger partial charge in [0.05, 0.1) is 37.0 Å². The number of aromatic amines is 2. The zero-order chi connectivity index (χ0) is 35.6. The number of rotatable bonds is 13. The zero-order valence-electron chi connectivity index (χ0n) is 26.4. The Morgan fingerprint density at radius 1 is 1.00 bits per heavy atom. The predicted octanol–water partition coefficient (Wildman–Crippen LogP) is 7.86. The first-order valence-corrected chi connectivity index (χ1v) is 15.0. The summed E-state index contributed by atoms with van der Waals surface area (Å²) in [6, 6.07) is 10.2. The molecule has 0 aliphatic heterocycles. The number of aryl methyl sites for hydroxylation is 1. The van der Waals surface area contributed by atoms with E-state index in [1.54, 1.807) is 13.2 Å². The number of methoxy groups -OCH3 is 1. The van der Waals surface area contributed by atoms with Gasteiger partial charge in [0.15, 0.2) is 0 Å². The molecule has 0 saturated carbocycles. The smallest absolute Gasteiger partial charge is 0.490 e. The summed E-state index contributed by atoms with van der Waals surface area (Å²) >= 11 is 0. The van der Waals surface area contributed by atoms with Crippen LogP contribution in [0.1, 0.15) is 74.1 Å². The summed E-state index contributed by atoms with van der Waals surface area (Å²) in [6.45, 7) is 3.76. The van der Waals surface area contributed by atoms with Crippen molar-refractivity contribution in [1.29, 1.82) is 0 Å². The molecule has 0 aliphatic rings. The number of Topliss-reactive ketones (excluding diaryl/α,β-unsaturated/α-hetero) is 1. The summed E-state index contributed by atoms with van der Waals surface area (Å²) in [6.07, 6.45) is -4.02. The number of hydrogen-bond acceptors (Lipinski definition) is 5. The summed E-state index contributed by atoms with van der Waals surface area (Å²) in [5.41, 5.74) is 2.68. The number of ether oxygens (including phenoxy) is 1. The fourth-order valence-electron chi connectivity index (χ4n) is 4.95. The Kier molecular flexibility index (Phi) is 12.8. The number of nitrogens with one attached hydrogen (secondary N) is 3. The van der Waals surface area contributed by atoms with Gasteiger partial charge in [-0.3, -0.25) is 9.59 Å². The molecule has 0 spiro atoms. The number of imidazole rings is 1. The molecule has 1 atom stereocenters. The number of benzene rings is 2. The molecule has 0 radical (unpaired) electrons. The minimum absolute atomic E-state index is 0.127. The summed E-state index contributed by atoms with van der Waals surface area (Å²) in [5.74, 6) is -1.59. The number of carbonyl (C=O) groups is 3. The van der Waals surface area contributed by atoms with Gasteiger partial charge in [0.25, 0.3) is 0 Å². The van der Waals surface area contributed by atoms with E-state index in [0.717, 1.165) is 53.6 Å². The lowest BCUT2D eigenvalue weighted by molar-refractivity contribution is -0.192. The maximum Gasteiger partial charge on any atom is 0.490 e. The van der Waals surface area contributed by atoms with Crippen molar-refractivity contribution < 1.29 is 50.6 Å². The Morgan fingerprint density at radius 2 is 1.71 bits per heavy atom. The minimum Gasteiger partial charge on any atom is -0.497 e. The molecule has 0 bridgehead atoms. The Balaban J connectivity index is 0.000000804. The molecule has 4 rings (SSSR count).